The molecule has 1 amide bonds. The number of amides is 1. The van der Waals surface area contributed by atoms with Crippen LogP contribution in [0.1, 0.15) is 16.6 Å². The standard InChI is InChI=1S/C17H17N7O6/c18-14-12-15(20-6-19-14)23(7-21-12)17-11(13(26)10(5-25)30-17)22-16(27)8-1-3-9(4-2-8)24(28)29/h1-4,6-7,10-11,13,17,25-26H,5H2,(H,22,27)(H2,18,19,20)/t10-,11-,13-,17-/m1/s1. The van der Waals surface area contributed by atoms with E-state index in [1.54, 1.807) is 0 Å². The first-order chi connectivity index (χ1) is 14.4. The number of aromatic nitrogens is 4. The van der Waals surface area contributed by atoms with E-state index in [1.165, 1.54) is 41.5 Å². The molecule has 0 spiro atoms. The number of non-ortho nitro benzene ring substituents is 1. The summed E-state index contributed by atoms with van der Waals surface area (Å²) in [5.41, 5.74) is 6.45. The van der Waals surface area contributed by atoms with Crippen LogP contribution < -0.4 is 11.1 Å². The molecule has 13 nitrogen and oxygen atoms in total. The van der Waals surface area contributed by atoms with Gasteiger partial charge in [0, 0.05) is 17.7 Å². The van der Waals surface area contributed by atoms with E-state index in [2.05, 4.69) is 20.3 Å². The summed E-state index contributed by atoms with van der Waals surface area (Å²) in [6.07, 6.45) is -0.515. The maximum atomic E-state index is 12.7. The number of nitro groups is 1. The Morgan fingerprint density at radius 2 is 2.03 bits per heavy atom. The van der Waals surface area contributed by atoms with Crippen molar-refractivity contribution in [2.45, 2.75) is 24.5 Å². The van der Waals surface area contributed by atoms with Crippen LogP contribution in [-0.4, -0.2) is 65.4 Å². The van der Waals surface area contributed by atoms with Crippen molar-refractivity contribution in [1.29, 1.82) is 0 Å². The molecular weight excluding hydrogens is 398 g/mol. The monoisotopic (exact) mass is 415 g/mol. The number of nitro benzene ring substituents is 1. The minimum absolute atomic E-state index is 0.154. The fourth-order valence-corrected chi connectivity index (χ4v) is 3.32. The zero-order chi connectivity index (χ0) is 21.4. The molecular formula is C17H17N7O6. The number of aliphatic hydroxyl groups is 2. The second-order valence-electron chi connectivity index (χ2n) is 6.62. The molecule has 0 aliphatic carbocycles. The van der Waals surface area contributed by atoms with Gasteiger partial charge in [0.2, 0.25) is 0 Å². The van der Waals surface area contributed by atoms with E-state index < -0.39 is 41.9 Å². The van der Waals surface area contributed by atoms with Crippen molar-refractivity contribution in [3.63, 3.8) is 0 Å². The zero-order valence-electron chi connectivity index (χ0n) is 15.3. The van der Waals surface area contributed by atoms with Gasteiger partial charge in [-0.3, -0.25) is 19.5 Å². The fourth-order valence-electron chi connectivity index (χ4n) is 3.32. The Hall–Kier alpha value is -3.68. The Kier molecular flexibility index (Phi) is 4.99. The molecule has 2 aromatic heterocycles. The molecule has 1 fully saturated rings. The Morgan fingerprint density at radius 1 is 1.30 bits per heavy atom. The third-order valence-corrected chi connectivity index (χ3v) is 4.85. The van der Waals surface area contributed by atoms with Crippen LogP contribution in [-0.2, 0) is 4.74 Å². The molecule has 4 atom stereocenters. The van der Waals surface area contributed by atoms with E-state index in [1.807, 2.05) is 0 Å². The van der Waals surface area contributed by atoms with Crippen molar-refractivity contribution >= 4 is 28.6 Å². The van der Waals surface area contributed by atoms with Gasteiger partial charge in [-0.25, -0.2) is 15.0 Å². The van der Waals surface area contributed by atoms with Gasteiger partial charge in [0.25, 0.3) is 11.6 Å². The largest absolute Gasteiger partial charge is 0.394 e. The lowest BCUT2D eigenvalue weighted by atomic mass is 10.1. The molecule has 1 aromatic carbocycles. The predicted octanol–water partition coefficient (Wildman–Crippen LogP) is -0.634. The van der Waals surface area contributed by atoms with Gasteiger partial charge in [-0.05, 0) is 12.1 Å². The topological polar surface area (TPSA) is 192 Å². The predicted molar refractivity (Wildman–Crippen MR) is 101 cm³/mol. The van der Waals surface area contributed by atoms with Crippen molar-refractivity contribution < 1.29 is 24.7 Å². The number of carbonyl (C=O) groups is 1. The lowest BCUT2D eigenvalue weighted by molar-refractivity contribution is -0.384. The molecule has 3 heterocycles. The molecule has 1 aliphatic rings. The van der Waals surface area contributed by atoms with Gasteiger partial charge in [-0.1, -0.05) is 0 Å². The first-order valence-electron chi connectivity index (χ1n) is 8.83. The van der Waals surface area contributed by atoms with Crippen LogP contribution >= 0.6 is 0 Å². The van der Waals surface area contributed by atoms with Crippen LogP contribution in [0.4, 0.5) is 11.5 Å². The molecule has 1 aliphatic heterocycles. The number of hydrogen-bond acceptors (Lipinski definition) is 10. The van der Waals surface area contributed by atoms with Gasteiger partial charge in [-0.15, -0.1) is 0 Å². The van der Waals surface area contributed by atoms with Crippen molar-refractivity contribution in [2.75, 3.05) is 12.3 Å². The van der Waals surface area contributed by atoms with Gasteiger partial charge in [0.1, 0.15) is 30.1 Å². The number of anilines is 1. The van der Waals surface area contributed by atoms with E-state index in [4.69, 9.17) is 10.5 Å². The summed E-state index contributed by atoms with van der Waals surface area (Å²) < 4.78 is 7.21. The molecule has 5 N–H and O–H groups in total. The van der Waals surface area contributed by atoms with Crippen LogP contribution in [0.2, 0.25) is 0 Å². The molecule has 0 saturated carbocycles. The smallest absolute Gasteiger partial charge is 0.269 e. The number of carbonyl (C=O) groups excluding carboxylic acids is 1. The molecule has 3 aromatic rings. The third kappa shape index (κ3) is 3.30. The van der Waals surface area contributed by atoms with Crippen LogP contribution in [0.5, 0.6) is 0 Å². The number of nitrogens with one attached hydrogen (secondary N) is 1. The van der Waals surface area contributed by atoms with Crippen molar-refractivity contribution in [2.24, 2.45) is 0 Å². The van der Waals surface area contributed by atoms with Crippen molar-refractivity contribution in [3.05, 3.63) is 52.6 Å². The van der Waals surface area contributed by atoms with Crippen LogP contribution in [0.3, 0.4) is 0 Å². The van der Waals surface area contributed by atoms with Crippen LogP contribution in [0, 0.1) is 10.1 Å². The molecule has 30 heavy (non-hydrogen) atoms. The summed E-state index contributed by atoms with van der Waals surface area (Å²) in [5, 5.41) is 33.5. The Bertz CT molecular complexity index is 1100. The number of aliphatic hydroxyl groups excluding tert-OH is 2. The van der Waals surface area contributed by atoms with E-state index in [9.17, 15) is 25.1 Å². The summed E-state index contributed by atoms with van der Waals surface area (Å²) >= 11 is 0. The summed E-state index contributed by atoms with van der Waals surface area (Å²) in [6, 6.07) is 4.03. The molecule has 0 radical (unpaired) electrons. The normalized spacial score (nSPS) is 23.5. The number of nitrogen functional groups attached to an aromatic ring is 1. The number of nitrogens with two attached hydrogens (primary N) is 1. The van der Waals surface area contributed by atoms with Gasteiger partial charge < -0.3 is 26.0 Å². The zero-order valence-corrected chi connectivity index (χ0v) is 15.3. The van der Waals surface area contributed by atoms with Crippen molar-refractivity contribution in [1.82, 2.24) is 24.8 Å². The fraction of sp³-hybridized carbons (Fsp3) is 0.294. The lowest BCUT2D eigenvalue weighted by Gasteiger charge is -2.23. The number of rotatable bonds is 5. The molecule has 4 rings (SSSR count). The highest BCUT2D eigenvalue weighted by Crippen LogP contribution is 2.32. The average Bonchev–Trinajstić information content (AvgIpc) is 3.30. The first kappa shape index (κ1) is 19.6. The maximum Gasteiger partial charge on any atom is 0.269 e. The third-order valence-electron chi connectivity index (χ3n) is 4.85. The van der Waals surface area contributed by atoms with Gasteiger partial charge in [-0.2, -0.15) is 0 Å². The second-order valence-corrected chi connectivity index (χ2v) is 6.62. The van der Waals surface area contributed by atoms with Gasteiger partial charge in [0.15, 0.2) is 17.7 Å². The molecule has 0 bridgehead atoms. The minimum Gasteiger partial charge on any atom is -0.394 e. The SMILES string of the molecule is Nc1ncnc2c1ncn2[C@@H]1O[C@H](CO)[C@@H](O)[C@H]1NC(=O)c1ccc([N+](=O)[O-])cc1. The molecule has 156 valence electrons. The van der Waals surface area contributed by atoms with Crippen LogP contribution in [0.15, 0.2) is 36.9 Å². The number of hydrogen-bond donors (Lipinski definition) is 4. The van der Waals surface area contributed by atoms with Crippen LogP contribution in [0.25, 0.3) is 11.2 Å². The Balaban J connectivity index is 1.64. The Morgan fingerprint density at radius 3 is 2.70 bits per heavy atom. The number of imidazole rings is 1. The minimum atomic E-state index is -1.24. The Labute approximate surface area is 168 Å². The van der Waals surface area contributed by atoms with E-state index in [-0.39, 0.29) is 17.1 Å². The number of fused-ring (bicyclic) bond motifs is 1. The number of ether oxygens (including phenoxy) is 1. The van der Waals surface area contributed by atoms with Gasteiger partial charge in [0.05, 0.1) is 17.9 Å². The quantitative estimate of drug-likeness (QED) is 0.308. The van der Waals surface area contributed by atoms with E-state index in [0.29, 0.717) is 11.2 Å². The molecule has 13 heteroatoms. The number of benzene rings is 1. The molecule has 0 unspecified atom stereocenters. The maximum absolute atomic E-state index is 12.7. The van der Waals surface area contributed by atoms with Gasteiger partial charge >= 0.3 is 0 Å². The first-order valence-corrected chi connectivity index (χ1v) is 8.83. The van der Waals surface area contributed by atoms with Crippen molar-refractivity contribution in [3.8, 4) is 0 Å². The van der Waals surface area contributed by atoms with E-state index in [0.717, 1.165) is 0 Å². The van der Waals surface area contributed by atoms with E-state index >= 15 is 0 Å². The summed E-state index contributed by atoms with van der Waals surface area (Å²) in [5.74, 6) is -0.429. The highest BCUT2D eigenvalue weighted by atomic mass is 16.6. The summed E-state index contributed by atoms with van der Waals surface area (Å²) in [4.78, 5) is 35.0. The average molecular weight is 415 g/mol. The summed E-state index contributed by atoms with van der Waals surface area (Å²) in [7, 11) is 0. The lowest BCUT2D eigenvalue weighted by Crippen LogP contribution is -2.46. The highest BCUT2D eigenvalue weighted by molar-refractivity contribution is 5.94. The summed E-state index contributed by atoms with van der Waals surface area (Å²) in [6.45, 7) is -0.481. The highest BCUT2D eigenvalue weighted by Gasteiger charge is 2.46. The second kappa shape index (κ2) is 7.62. The molecule has 1 saturated heterocycles. The number of nitrogens with zero attached hydrogens (tertiary/aromatic N) is 5.